The fourth-order valence-electron chi connectivity index (χ4n) is 3.61. The van der Waals surface area contributed by atoms with Crippen molar-refractivity contribution in [3.8, 4) is 5.69 Å². The topological polar surface area (TPSA) is 59.8 Å². The molecule has 34 heavy (non-hydrogen) atoms. The van der Waals surface area contributed by atoms with Crippen molar-refractivity contribution < 1.29 is 8.78 Å². The zero-order valence-electron chi connectivity index (χ0n) is 17.2. The molecule has 4 aromatic rings. The molecule has 0 fully saturated rings. The molecule has 0 aliphatic carbocycles. The summed E-state index contributed by atoms with van der Waals surface area (Å²) < 4.78 is 29.2. The van der Waals surface area contributed by atoms with Crippen LogP contribution < -0.4 is 11.0 Å². The SMILES string of the molecule is O=c1ncc2nc(Sc3ccc(F)cc3F)c(C3C=CNC=C3)cc2n1-c1c(Cl)cccc1Cl. The van der Waals surface area contributed by atoms with Crippen molar-refractivity contribution in [1.82, 2.24) is 19.9 Å². The van der Waals surface area contributed by atoms with Gasteiger partial charge in [-0.1, -0.05) is 53.2 Å². The summed E-state index contributed by atoms with van der Waals surface area (Å²) in [7, 11) is 0. The third-order valence-corrected chi connectivity index (χ3v) is 6.85. The van der Waals surface area contributed by atoms with E-state index in [9.17, 15) is 13.6 Å². The van der Waals surface area contributed by atoms with Crippen molar-refractivity contribution in [2.24, 2.45) is 0 Å². The lowest BCUT2D eigenvalue weighted by Gasteiger charge is -2.19. The molecule has 0 atom stereocenters. The Morgan fingerprint density at radius 2 is 1.76 bits per heavy atom. The summed E-state index contributed by atoms with van der Waals surface area (Å²) >= 11 is 13.9. The lowest BCUT2D eigenvalue weighted by Crippen LogP contribution is -2.22. The molecule has 5 rings (SSSR count). The normalized spacial score (nSPS) is 13.4. The van der Waals surface area contributed by atoms with Crippen LogP contribution in [0.3, 0.4) is 0 Å². The van der Waals surface area contributed by atoms with E-state index in [4.69, 9.17) is 28.2 Å². The molecule has 0 saturated heterocycles. The predicted molar refractivity (Wildman–Crippen MR) is 130 cm³/mol. The predicted octanol–water partition coefficient (Wildman–Crippen LogP) is 6.23. The molecule has 0 bridgehead atoms. The van der Waals surface area contributed by atoms with E-state index in [1.165, 1.54) is 22.9 Å². The Hall–Kier alpha value is -3.20. The molecule has 2 aromatic heterocycles. The second kappa shape index (κ2) is 9.21. The van der Waals surface area contributed by atoms with Crippen molar-refractivity contribution in [3.63, 3.8) is 0 Å². The largest absolute Gasteiger partial charge is 0.368 e. The first kappa shape index (κ1) is 22.6. The quantitative estimate of drug-likeness (QED) is 0.349. The number of aromatic nitrogens is 3. The van der Waals surface area contributed by atoms with Gasteiger partial charge in [0.15, 0.2) is 0 Å². The lowest BCUT2D eigenvalue weighted by atomic mass is 9.99. The number of halogens is 4. The number of benzene rings is 2. The number of para-hydroxylation sites is 1. The maximum absolute atomic E-state index is 14.4. The van der Waals surface area contributed by atoms with Gasteiger partial charge in [0, 0.05) is 16.9 Å². The van der Waals surface area contributed by atoms with Crippen LogP contribution in [0.5, 0.6) is 0 Å². The second-order valence-electron chi connectivity index (χ2n) is 7.32. The Bertz CT molecular complexity index is 1520. The van der Waals surface area contributed by atoms with Gasteiger partial charge in [0.25, 0.3) is 0 Å². The van der Waals surface area contributed by atoms with E-state index in [-0.39, 0.29) is 20.9 Å². The van der Waals surface area contributed by atoms with E-state index in [0.717, 1.165) is 17.8 Å². The minimum atomic E-state index is -0.694. The second-order valence-corrected chi connectivity index (χ2v) is 9.17. The highest BCUT2D eigenvalue weighted by atomic mass is 35.5. The third-order valence-electron chi connectivity index (χ3n) is 5.17. The van der Waals surface area contributed by atoms with Crippen molar-refractivity contribution in [3.05, 3.63) is 111 Å². The number of hydrogen-bond donors (Lipinski definition) is 1. The fourth-order valence-corrected chi connectivity index (χ4v) is 5.14. The maximum Gasteiger partial charge on any atom is 0.352 e. The summed E-state index contributed by atoms with van der Waals surface area (Å²) in [5, 5.41) is 4.01. The molecule has 1 N–H and O–H groups in total. The number of nitrogens with one attached hydrogen (secondary N) is 1. The summed E-state index contributed by atoms with van der Waals surface area (Å²) in [6.45, 7) is 0. The molecule has 0 amide bonds. The van der Waals surface area contributed by atoms with Crippen molar-refractivity contribution in [2.75, 3.05) is 0 Å². The highest BCUT2D eigenvalue weighted by molar-refractivity contribution is 7.99. The highest BCUT2D eigenvalue weighted by Crippen LogP contribution is 2.38. The van der Waals surface area contributed by atoms with Crippen LogP contribution in [0, 0.1) is 11.6 Å². The molecular formula is C24H14Cl2F2N4OS. The Morgan fingerprint density at radius 3 is 2.47 bits per heavy atom. The number of rotatable bonds is 4. The zero-order valence-corrected chi connectivity index (χ0v) is 19.5. The first-order chi connectivity index (χ1) is 16.4. The standard InChI is InChI=1S/C24H14Cl2F2N4OS/c25-16-2-1-3-17(26)22(16)32-20-11-15(13-6-8-29-9-7-13)23(31-19(20)12-30-24(32)33)34-21-5-4-14(27)10-18(21)28/h1-13,29H. The van der Waals surface area contributed by atoms with Gasteiger partial charge in [-0.15, -0.1) is 0 Å². The Kier molecular flexibility index (Phi) is 6.12. The van der Waals surface area contributed by atoms with Crippen LogP contribution >= 0.6 is 35.0 Å². The first-order valence-electron chi connectivity index (χ1n) is 10.0. The number of pyridine rings is 1. The summed E-state index contributed by atoms with van der Waals surface area (Å²) in [5.74, 6) is -1.58. The maximum atomic E-state index is 14.4. The van der Waals surface area contributed by atoms with E-state index in [1.54, 1.807) is 36.7 Å². The minimum Gasteiger partial charge on any atom is -0.368 e. The number of allylic oxidation sites excluding steroid dienone is 2. The Morgan fingerprint density at radius 1 is 1.03 bits per heavy atom. The molecule has 0 unspecified atom stereocenters. The van der Waals surface area contributed by atoms with Crippen LogP contribution in [0.4, 0.5) is 8.78 Å². The van der Waals surface area contributed by atoms with E-state index in [1.807, 2.05) is 12.2 Å². The van der Waals surface area contributed by atoms with Crippen LogP contribution in [0.15, 0.2) is 87.9 Å². The molecule has 170 valence electrons. The molecule has 1 aliphatic rings. The zero-order chi connectivity index (χ0) is 23.8. The summed E-state index contributed by atoms with van der Waals surface area (Å²) in [6, 6.07) is 10.1. The van der Waals surface area contributed by atoms with E-state index >= 15 is 0 Å². The number of dihydropyridines is 1. The number of hydrogen-bond acceptors (Lipinski definition) is 5. The fraction of sp³-hybridized carbons (Fsp3) is 0.0417. The van der Waals surface area contributed by atoms with Gasteiger partial charge in [-0.25, -0.2) is 18.6 Å². The number of fused-ring (bicyclic) bond motifs is 1. The average molecular weight is 515 g/mol. The van der Waals surface area contributed by atoms with Gasteiger partial charge in [-0.3, -0.25) is 4.57 Å². The lowest BCUT2D eigenvalue weighted by molar-refractivity contribution is 0.565. The van der Waals surface area contributed by atoms with E-state index in [2.05, 4.69) is 10.3 Å². The molecule has 0 spiro atoms. The van der Waals surface area contributed by atoms with Gasteiger partial charge in [0.1, 0.15) is 22.2 Å². The molecule has 1 aliphatic heterocycles. The third kappa shape index (κ3) is 4.20. The Balaban J connectivity index is 1.77. The van der Waals surface area contributed by atoms with Crippen LogP contribution in [0.1, 0.15) is 11.5 Å². The van der Waals surface area contributed by atoms with Crippen LogP contribution in [0.25, 0.3) is 16.7 Å². The van der Waals surface area contributed by atoms with Crippen LogP contribution in [0.2, 0.25) is 10.0 Å². The van der Waals surface area contributed by atoms with Crippen LogP contribution in [-0.2, 0) is 0 Å². The Labute approximate surface area is 206 Å². The molecule has 0 radical (unpaired) electrons. The van der Waals surface area contributed by atoms with Gasteiger partial charge in [-0.05, 0) is 48.3 Å². The van der Waals surface area contributed by atoms with E-state index in [0.29, 0.717) is 27.3 Å². The summed E-state index contributed by atoms with van der Waals surface area (Å²) in [5.41, 5.74) is 1.25. The molecule has 5 nitrogen and oxygen atoms in total. The summed E-state index contributed by atoms with van der Waals surface area (Å²) in [4.78, 5) is 21.7. The molecule has 2 aromatic carbocycles. The summed E-state index contributed by atoms with van der Waals surface area (Å²) in [6.07, 6.45) is 8.70. The van der Waals surface area contributed by atoms with Gasteiger partial charge in [0.05, 0.1) is 27.4 Å². The smallest absolute Gasteiger partial charge is 0.352 e. The minimum absolute atomic E-state index is 0.215. The van der Waals surface area contributed by atoms with Crippen molar-refractivity contribution in [1.29, 1.82) is 0 Å². The van der Waals surface area contributed by atoms with Gasteiger partial charge in [-0.2, -0.15) is 4.98 Å². The highest BCUT2D eigenvalue weighted by Gasteiger charge is 2.21. The molecule has 0 saturated carbocycles. The monoisotopic (exact) mass is 514 g/mol. The first-order valence-corrected chi connectivity index (χ1v) is 11.6. The van der Waals surface area contributed by atoms with Crippen LogP contribution in [-0.4, -0.2) is 14.5 Å². The van der Waals surface area contributed by atoms with Gasteiger partial charge >= 0.3 is 5.69 Å². The molecular weight excluding hydrogens is 501 g/mol. The van der Waals surface area contributed by atoms with Gasteiger partial charge < -0.3 is 5.32 Å². The number of nitrogens with zero attached hydrogens (tertiary/aromatic N) is 3. The molecule has 3 heterocycles. The van der Waals surface area contributed by atoms with Crippen molar-refractivity contribution in [2.45, 2.75) is 15.8 Å². The average Bonchev–Trinajstić information content (AvgIpc) is 2.82. The molecule has 10 heteroatoms. The van der Waals surface area contributed by atoms with Gasteiger partial charge in [0.2, 0.25) is 0 Å². The van der Waals surface area contributed by atoms with E-state index < -0.39 is 17.3 Å². The van der Waals surface area contributed by atoms with Crippen molar-refractivity contribution >= 4 is 46.0 Å².